The van der Waals surface area contributed by atoms with E-state index < -0.39 is 5.66 Å². The minimum atomic E-state index is -0.607. The Morgan fingerprint density at radius 3 is 2.71 bits per heavy atom. The molecule has 5 heteroatoms. The molecule has 2 aliphatic heterocycles. The average Bonchev–Trinajstić information content (AvgIpc) is 3.17. The number of nitrogens with zero attached hydrogens (tertiary/aromatic N) is 1. The zero-order valence-corrected chi connectivity index (χ0v) is 19.1. The summed E-state index contributed by atoms with van der Waals surface area (Å²) in [5, 5.41) is 3.27. The number of benzene rings is 2. The van der Waals surface area contributed by atoms with Gasteiger partial charge in [0.25, 0.3) is 0 Å². The van der Waals surface area contributed by atoms with E-state index in [4.69, 9.17) is 9.47 Å². The first kappa shape index (κ1) is 21.3. The number of fused-ring (bicyclic) bond motifs is 3. The van der Waals surface area contributed by atoms with Crippen LogP contribution in [0, 0.1) is 6.92 Å². The molecule has 5 nitrogen and oxygen atoms in total. The van der Waals surface area contributed by atoms with Crippen LogP contribution in [0.5, 0.6) is 11.5 Å². The van der Waals surface area contributed by atoms with Crippen molar-refractivity contribution in [1.82, 2.24) is 5.32 Å². The maximum atomic E-state index is 12.5. The number of anilines is 1. The Morgan fingerprint density at radius 2 is 1.97 bits per heavy atom. The number of hydrogen-bond donors (Lipinski definition) is 1. The number of nitrogens with one attached hydrogen (secondary N) is 1. The van der Waals surface area contributed by atoms with E-state index in [-0.39, 0.29) is 11.3 Å². The van der Waals surface area contributed by atoms with E-state index in [1.54, 1.807) is 7.11 Å². The molecule has 0 bridgehead atoms. The highest BCUT2D eigenvalue weighted by Gasteiger charge is 2.59. The molecule has 1 fully saturated rings. The van der Waals surface area contributed by atoms with Gasteiger partial charge in [-0.3, -0.25) is 4.79 Å². The van der Waals surface area contributed by atoms with Gasteiger partial charge in [-0.2, -0.15) is 0 Å². The lowest BCUT2D eigenvalue weighted by molar-refractivity contribution is -0.118. The topological polar surface area (TPSA) is 50.8 Å². The van der Waals surface area contributed by atoms with Crippen LogP contribution < -0.4 is 19.7 Å². The number of amides is 1. The van der Waals surface area contributed by atoms with Gasteiger partial charge in [-0.25, -0.2) is 0 Å². The van der Waals surface area contributed by atoms with Crippen molar-refractivity contribution in [3.8, 4) is 11.5 Å². The van der Waals surface area contributed by atoms with E-state index in [1.807, 2.05) is 18.2 Å². The largest absolute Gasteiger partial charge is 0.493 e. The molecule has 2 aromatic rings. The molecule has 0 unspecified atom stereocenters. The lowest BCUT2D eigenvalue weighted by Crippen LogP contribution is -2.58. The van der Waals surface area contributed by atoms with E-state index in [2.05, 4.69) is 68.3 Å². The summed E-state index contributed by atoms with van der Waals surface area (Å²) in [4.78, 5) is 14.7. The lowest BCUT2D eigenvalue weighted by atomic mass is 9.75. The standard InChI is InChI=1S/C26H32N2O3/c1-6-7-14-31-22-11-9-19(16-23(22)30-5)12-13-26-25(3,4)20-15-18(2)8-10-21(20)28(26)17-24(29)27-26/h8-13,15-16H,6-7,14,17H2,1-5H3,(H,27,29)/t26-/m0/s1. The second kappa shape index (κ2) is 7.95. The second-order valence-corrected chi connectivity index (χ2v) is 8.99. The molecular weight excluding hydrogens is 388 g/mol. The van der Waals surface area contributed by atoms with E-state index in [1.165, 1.54) is 11.1 Å². The number of aryl methyl sites for hydroxylation is 1. The summed E-state index contributed by atoms with van der Waals surface area (Å²) >= 11 is 0. The van der Waals surface area contributed by atoms with E-state index in [0.717, 1.165) is 29.8 Å². The van der Waals surface area contributed by atoms with Crippen molar-refractivity contribution in [2.24, 2.45) is 0 Å². The minimum absolute atomic E-state index is 0.0428. The molecule has 2 heterocycles. The molecule has 0 aliphatic carbocycles. The summed E-state index contributed by atoms with van der Waals surface area (Å²) in [6.45, 7) is 9.69. The summed E-state index contributed by atoms with van der Waals surface area (Å²) in [6, 6.07) is 12.4. The zero-order valence-electron chi connectivity index (χ0n) is 19.1. The van der Waals surface area contributed by atoms with Crippen molar-refractivity contribution in [1.29, 1.82) is 0 Å². The molecular formula is C26H32N2O3. The molecule has 0 spiro atoms. The number of carbonyl (C=O) groups excluding carboxylic acids is 1. The maximum absolute atomic E-state index is 12.5. The molecule has 0 radical (unpaired) electrons. The number of rotatable bonds is 7. The minimum Gasteiger partial charge on any atom is -0.493 e. The summed E-state index contributed by atoms with van der Waals surface area (Å²) in [5.74, 6) is 1.51. The molecule has 1 amide bonds. The van der Waals surface area contributed by atoms with Gasteiger partial charge < -0.3 is 19.7 Å². The van der Waals surface area contributed by atoms with Crippen molar-refractivity contribution < 1.29 is 14.3 Å². The van der Waals surface area contributed by atoms with Crippen LogP contribution in [0.3, 0.4) is 0 Å². The van der Waals surface area contributed by atoms with Crippen molar-refractivity contribution in [2.75, 3.05) is 25.2 Å². The van der Waals surface area contributed by atoms with Crippen LogP contribution >= 0.6 is 0 Å². The average molecular weight is 421 g/mol. The number of carbonyl (C=O) groups is 1. The van der Waals surface area contributed by atoms with E-state index in [0.29, 0.717) is 18.9 Å². The van der Waals surface area contributed by atoms with Gasteiger partial charge in [0.2, 0.25) is 5.91 Å². The molecule has 164 valence electrons. The van der Waals surface area contributed by atoms with Gasteiger partial charge in [0.15, 0.2) is 11.5 Å². The van der Waals surface area contributed by atoms with Gasteiger partial charge in [-0.1, -0.05) is 57.0 Å². The van der Waals surface area contributed by atoms with Gasteiger partial charge in [0.1, 0.15) is 5.66 Å². The third kappa shape index (κ3) is 3.46. The van der Waals surface area contributed by atoms with Gasteiger partial charge in [-0.15, -0.1) is 0 Å². The van der Waals surface area contributed by atoms with Crippen LogP contribution in [0.2, 0.25) is 0 Å². The Balaban J connectivity index is 1.68. The Morgan fingerprint density at radius 1 is 1.16 bits per heavy atom. The quantitative estimate of drug-likeness (QED) is 0.653. The van der Waals surface area contributed by atoms with Crippen LogP contribution in [0.25, 0.3) is 6.08 Å². The Bertz CT molecular complexity index is 1030. The van der Waals surface area contributed by atoms with Crippen LogP contribution in [-0.2, 0) is 10.2 Å². The zero-order chi connectivity index (χ0) is 22.2. The molecule has 2 aliphatic rings. The normalized spacial score (nSPS) is 21.2. The first-order chi connectivity index (χ1) is 14.8. The Labute approximate surface area is 185 Å². The summed E-state index contributed by atoms with van der Waals surface area (Å²) in [5.41, 5.74) is 3.71. The summed E-state index contributed by atoms with van der Waals surface area (Å²) < 4.78 is 11.4. The van der Waals surface area contributed by atoms with Gasteiger partial charge >= 0.3 is 0 Å². The van der Waals surface area contributed by atoms with Crippen molar-refractivity contribution >= 4 is 17.7 Å². The van der Waals surface area contributed by atoms with Crippen molar-refractivity contribution in [3.63, 3.8) is 0 Å². The fraction of sp³-hybridized carbons (Fsp3) is 0.423. The van der Waals surface area contributed by atoms with Gasteiger partial charge in [0.05, 0.1) is 20.3 Å². The monoisotopic (exact) mass is 420 g/mol. The van der Waals surface area contributed by atoms with Crippen LogP contribution in [-0.4, -0.2) is 31.8 Å². The highest BCUT2D eigenvalue weighted by Crippen LogP contribution is 2.53. The summed E-state index contributed by atoms with van der Waals surface area (Å²) in [7, 11) is 1.66. The molecule has 1 atom stereocenters. The summed E-state index contributed by atoms with van der Waals surface area (Å²) in [6.07, 6.45) is 6.29. The smallest absolute Gasteiger partial charge is 0.241 e. The van der Waals surface area contributed by atoms with Crippen LogP contribution in [0.1, 0.15) is 50.3 Å². The van der Waals surface area contributed by atoms with Crippen molar-refractivity contribution in [2.45, 2.75) is 51.6 Å². The fourth-order valence-electron chi connectivity index (χ4n) is 4.74. The highest BCUT2D eigenvalue weighted by atomic mass is 16.5. The Kier molecular flexibility index (Phi) is 5.46. The lowest BCUT2D eigenvalue weighted by Gasteiger charge is -2.40. The molecule has 1 N–H and O–H groups in total. The first-order valence-electron chi connectivity index (χ1n) is 11.0. The molecule has 2 aromatic carbocycles. The fourth-order valence-corrected chi connectivity index (χ4v) is 4.74. The van der Waals surface area contributed by atoms with Gasteiger partial charge in [0, 0.05) is 11.1 Å². The first-order valence-corrected chi connectivity index (χ1v) is 11.0. The number of unbranched alkanes of at least 4 members (excludes halogenated alkanes) is 1. The van der Waals surface area contributed by atoms with Crippen LogP contribution in [0.15, 0.2) is 42.5 Å². The number of hydrogen-bond acceptors (Lipinski definition) is 4. The molecule has 0 saturated carbocycles. The number of methoxy groups -OCH3 is 1. The second-order valence-electron chi connectivity index (χ2n) is 8.99. The molecule has 4 rings (SSSR count). The van der Waals surface area contributed by atoms with Gasteiger partial charge in [-0.05, 0) is 48.7 Å². The molecule has 31 heavy (non-hydrogen) atoms. The van der Waals surface area contributed by atoms with E-state index in [9.17, 15) is 4.79 Å². The predicted octanol–water partition coefficient (Wildman–Crippen LogP) is 4.82. The maximum Gasteiger partial charge on any atom is 0.241 e. The number of ether oxygens (including phenoxy) is 2. The Hall–Kier alpha value is -2.95. The highest BCUT2D eigenvalue weighted by molar-refractivity contribution is 5.91. The molecule has 1 saturated heterocycles. The third-order valence-electron chi connectivity index (χ3n) is 6.59. The SMILES string of the molecule is CCCCOc1ccc(C=C[C@]23NC(=O)CN2c2ccc(C)cc2C3(C)C)cc1OC. The van der Waals surface area contributed by atoms with E-state index >= 15 is 0 Å². The molecule has 0 aromatic heterocycles. The van der Waals surface area contributed by atoms with Crippen LogP contribution in [0.4, 0.5) is 5.69 Å². The predicted molar refractivity (Wildman–Crippen MR) is 125 cm³/mol. The van der Waals surface area contributed by atoms with Crippen molar-refractivity contribution in [3.05, 3.63) is 59.2 Å². The third-order valence-corrected chi connectivity index (χ3v) is 6.59.